The number of ether oxygens (including phenoxy) is 2. The average molecular weight is 434 g/mol. The van der Waals surface area contributed by atoms with Crippen LogP contribution >= 0.6 is 34.5 Å². The zero-order valence-electron chi connectivity index (χ0n) is 15.2. The molecule has 0 bridgehead atoms. The molecule has 0 saturated carbocycles. The lowest BCUT2D eigenvalue weighted by Gasteiger charge is -2.06. The standard InChI is InChI=1S/C20H17Cl2N3O2S/c1-12(2)24-20-25(17(10-28-20)14-4-5-15(21)16(22)8-14)23-9-13-3-6-18-19(7-13)27-11-26-18/h3-10,12H,11H2,1-2H3. The number of fused-ring (bicyclic) bond motifs is 1. The lowest BCUT2D eigenvalue weighted by atomic mass is 10.2. The second-order valence-corrected chi connectivity index (χ2v) is 8.08. The molecule has 2 aromatic carbocycles. The van der Waals surface area contributed by atoms with Crippen LogP contribution in [0.3, 0.4) is 0 Å². The van der Waals surface area contributed by atoms with Gasteiger partial charge in [0.15, 0.2) is 11.5 Å². The number of hydrogen-bond donors (Lipinski definition) is 0. The second-order valence-electron chi connectivity index (χ2n) is 6.42. The van der Waals surface area contributed by atoms with E-state index < -0.39 is 0 Å². The van der Waals surface area contributed by atoms with Crippen molar-refractivity contribution in [3.8, 4) is 22.8 Å². The maximum atomic E-state index is 6.21. The Morgan fingerprint density at radius 2 is 1.89 bits per heavy atom. The topological polar surface area (TPSA) is 48.1 Å². The summed E-state index contributed by atoms with van der Waals surface area (Å²) in [5.74, 6) is 1.46. The van der Waals surface area contributed by atoms with Crippen LogP contribution in [0.2, 0.25) is 10.0 Å². The van der Waals surface area contributed by atoms with Crippen molar-refractivity contribution in [2.75, 3.05) is 6.79 Å². The number of halogens is 2. The molecule has 1 aromatic heterocycles. The van der Waals surface area contributed by atoms with Gasteiger partial charge in [-0.05, 0) is 49.7 Å². The van der Waals surface area contributed by atoms with E-state index in [9.17, 15) is 0 Å². The third-order valence-electron chi connectivity index (χ3n) is 3.99. The van der Waals surface area contributed by atoms with E-state index in [2.05, 4.69) is 10.1 Å². The van der Waals surface area contributed by atoms with E-state index in [0.717, 1.165) is 33.1 Å². The minimum absolute atomic E-state index is 0.146. The molecule has 0 radical (unpaired) electrons. The number of hydrogen-bond acceptors (Lipinski definition) is 5. The number of rotatable bonds is 4. The summed E-state index contributed by atoms with van der Waals surface area (Å²) in [6, 6.07) is 11.4. The molecule has 0 atom stereocenters. The molecule has 28 heavy (non-hydrogen) atoms. The third-order valence-corrected chi connectivity index (χ3v) is 5.56. The van der Waals surface area contributed by atoms with Crippen LogP contribution in [-0.4, -0.2) is 23.7 Å². The Labute approximate surface area is 176 Å². The summed E-state index contributed by atoms with van der Waals surface area (Å²) in [4.78, 5) is 5.48. The molecular formula is C20H17Cl2N3O2S. The number of nitrogens with zero attached hydrogens (tertiary/aromatic N) is 3. The molecule has 0 aliphatic carbocycles. The molecule has 1 aliphatic heterocycles. The molecule has 0 unspecified atom stereocenters. The predicted octanol–water partition coefficient (Wildman–Crippen LogP) is 5.44. The first-order valence-electron chi connectivity index (χ1n) is 8.65. The largest absolute Gasteiger partial charge is 0.454 e. The summed E-state index contributed by atoms with van der Waals surface area (Å²) in [5.41, 5.74) is 2.71. The molecule has 8 heteroatoms. The van der Waals surface area contributed by atoms with Gasteiger partial charge in [0.25, 0.3) is 0 Å². The molecule has 144 valence electrons. The maximum Gasteiger partial charge on any atom is 0.231 e. The van der Waals surface area contributed by atoms with Crippen LogP contribution in [0.25, 0.3) is 11.3 Å². The van der Waals surface area contributed by atoms with Gasteiger partial charge in [0.05, 0.1) is 22.0 Å². The highest BCUT2D eigenvalue weighted by Crippen LogP contribution is 2.32. The Balaban J connectivity index is 1.77. The molecule has 4 rings (SSSR count). The van der Waals surface area contributed by atoms with Crippen molar-refractivity contribution < 1.29 is 9.47 Å². The number of thiazole rings is 1. The van der Waals surface area contributed by atoms with Crippen molar-refractivity contribution in [2.45, 2.75) is 19.9 Å². The molecule has 0 saturated heterocycles. The van der Waals surface area contributed by atoms with Gasteiger partial charge in [0.2, 0.25) is 11.6 Å². The molecule has 0 N–H and O–H groups in total. The van der Waals surface area contributed by atoms with E-state index in [4.69, 9.17) is 32.7 Å². The van der Waals surface area contributed by atoms with Crippen LogP contribution in [0.4, 0.5) is 0 Å². The van der Waals surface area contributed by atoms with Crippen molar-refractivity contribution in [1.82, 2.24) is 4.68 Å². The van der Waals surface area contributed by atoms with Gasteiger partial charge in [0, 0.05) is 17.0 Å². The molecule has 0 spiro atoms. The van der Waals surface area contributed by atoms with Crippen LogP contribution in [0.1, 0.15) is 19.4 Å². The van der Waals surface area contributed by atoms with Gasteiger partial charge < -0.3 is 9.47 Å². The lowest BCUT2D eigenvalue weighted by molar-refractivity contribution is 0.174. The summed E-state index contributed by atoms with van der Waals surface area (Å²) in [6.45, 7) is 4.31. The van der Waals surface area contributed by atoms with Gasteiger partial charge >= 0.3 is 0 Å². The minimum Gasteiger partial charge on any atom is -0.454 e. The molecule has 0 fully saturated rings. The Kier molecular flexibility index (Phi) is 5.44. The average Bonchev–Trinajstić information content (AvgIpc) is 3.28. The van der Waals surface area contributed by atoms with Gasteiger partial charge in [-0.3, -0.25) is 4.99 Å². The van der Waals surface area contributed by atoms with Gasteiger partial charge in [-0.1, -0.05) is 29.3 Å². The summed E-state index contributed by atoms with van der Waals surface area (Å²) in [5, 5.41) is 7.71. The van der Waals surface area contributed by atoms with Gasteiger partial charge in [0.1, 0.15) is 0 Å². The summed E-state index contributed by atoms with van der Waals surface area (Å²) >= 11 is 13.8. The molecule has 5 nitrogen and oxygen atoms in total. The Hall–Kier alpha value is -2.28. The highest BCUT2D eigenvalue weighted by molar-refractivity contribution is 7.07. The second kappa shape index (κ2) is 7.99. The first-order valence-corrected chi connectivity index (χ1v) is 10.3. The normalized spacial score (nSPS) is 13.8. The van der Waals surface area contributed by atoms with E-state index in [1.807, 2.05) is 54.2 Å². The SMILES string of the molecule is CC(C)N=c1scc(-c2ccc(Cl)c(Cl)c2)n1N=Cc1ccc2c(c1)OCO2. The van der Waals surface area contributed by atoms with Crippen LogP contribution in [0.5, 0.6) is 11.5 Å². The van der Waals surface area contributed by atoms with Crippen LogP contribution < -0.4 is 14.3 Å². The van der Waals surface area contributed by atoms with Crippen LogP contribution in [0.15, 0.2) is 51.9 Å². The third kappa shape index (κ3) is 3.94. The maximum absolute atomic E-state index is 6.21. The van der Waals surface area contributed by atoms with Crippen molar-refractivity contribution in [3.63, 3.8) is 0 Å². The van der Waals surface area contributed by atoms with Gasteiger partial charge in [-0.25, -0.2) is 4.68 Å². The molecular weight excluding hydrogens is 417 g/mol. The van der Waals surface area contributed by atoms with Gasteiger partial charge in [-0.2, -0.15) is 5.10 Å². The Morgan fingerprint density at radius 3 is 2.68 bits per heavy atom. The fourth-order valence-electron chi connectivity index (χ4n) is 2.69. The number of aromatic nitrogens is 1. The van der Waals surface area contributed by atoms with E-state index >= 15 is 0 Å². The highest BCUT2D eigenvalue weighted by Gasteiger charge is 2.13. The quantitative estimate of drug-likeness (QED) is 0.513. The molecule has 0 amide bonds. The summed E-state index contributed by atoms with van der Waals surface area (Å²) in [6.07, 6.45) is 1.77. The highest BCUT2D eigenvalue weighted by atomic mass is 35.5. The van der Waals surface area contributed by atoms with Crippen molar-refractivity contribution in [1.29, 1.82) is 0 Å². The van der Waals surface area contributed by atoms with Crippen LogP contribution in [-0.2, 0) is 0 Å². The van der Waals surface area contributed by atoms with Crippen molar-refractivity contribution in [2.24, 2.45) is 10.1 Å². The van der Waals surface area contributed by atoms with Crippen molar-refractivity contribution in [3.05, 3.63) is 62.2 Å². The molecule has 1 aliphatic rings. The summed E-state index contributed by atoms with van der Waals surface area (Å²) < 4.78 is 12.6. The van der Waals surface area contributed by atoms with Crippen LogP contribution in [0, 0.1) is 0 Å². The fourth-order valence-corrected chi connectivity index (χ4v) is 3.96. The molecule has 3 aromatic rings. The van der Waals surface area contributed by atoms with Gasteiger partial charge in [-0.15, -0.1) is 11.3 Å². The Morgan fingerprint density at radius 1 is 1.07 bits per heavy atom. The van der Waals surface area contributed by atoms with E-state index in [-0.39, 0.29) is 12.8 Å². The smallest absolute Gasteiger partial charge is 0.231 e. The van der Waals surface area contributed by atoms with E-state index in [1.54, 1.807) is 12.3 Å². The minimum atomic E-state index is 0.146. The summed E-state index contributed by atoms with van der Waals surface area (Å²) in [7, 11) is 0. The predicted molar refractivity (Wildman–Crippen MR) is 114 cm³/mol. The first-order chi connectivity index (χ1) is 13.5. The monoisotopic (exact) mass is 433 g/mol. The number of benzene rings is 2. The first kappa shape index (κ1) is 19.1. The zero-order chi connectivity index (χ0) is 19.7. The van der Waals surface area contributed by atoms with E-state index in [1.165, 1.54) is 11.3 Å². The fraction of sp³-hybridized carbons (Fsp3) is 0.200. The lowest BCUT2D eigenvalue weighted by Crippen LogP contribution is -2.14. The Bertz CT molecular complexity index is 1120. The molecule has 2 heterocycles. The van der Waals surface area contributed by atoms with Crippen molar-refractivity contribution >= 4 is 40.8 Å². The van der Waals surface area contributed by atoms with E-state index in [0.29, 0.717) is 10.0 Å². The zero-order valence-corrected chi connectivity index (χ0v) is 17.6.